The summed E-state index contributed by atoms with van der Waals surface area (Å²) in [5, 5.41) is 7.28. The maximum atomic E-state index is 13.7. The fourth-order valence-electron chi connectivity index (χ4n) is 3.85. The normalized spacial score (nSPS) is 17.7. The second kappa shape index (κ2) is 8.51. The van der Waals surface area contributed by atoms with Crippen LogP contribution < -0.4 is 16.4 Å². The zero-order valence-corrected chi connectivity index (χ0v) is 18.9. The van der Waals surface area contributed by atoms with Gasteiger partial charge in [-0.1, -0.05) is 48.5 Å². The van der Waals surface area contributed by atoms with E-state index in [1.165, 1.54) is 6.07 Å². The third-order valence-corrected chi connectivity index (χ3v) is 6.57. The average Bonchev–Trinajstić information content (AvgIpc) is 3.35. The van der Waals surface area contributed by atoms with Gasteiger partial charge >= 0.3 is 6.03 Å². The van der Waals surface area contributed by atoms with Crippen LogP contribution in [0.25, 0.3) is 0 Å². The molecule has 0 saturated carbocycles. The van der Waals surface area contributed by atoms with Crippen LogP contribution in [0.15, 0.2) is 60.0 Å². The molecule has 4 N–H and O–H groups in total. The Hall–Kier alpha value is -3.98. The Morgan fingerprint density at radius 3 is 2.42 bits per heavy atom. The highest BCUT2D eigenvalue weighted by Crippen LogP contribution is 2.37. The zero-order valence-electron chi connectivity index (χ0n) is 18.0. The van der Waals surface area contributed by atoms with Crippen LogP contribution in [0.2, 0.25) is 0 Å². The highest BCUT2D eigenvalue weighted by Gasteiger charge is 2.54. The first-order valence-electron chi connectivity index (χ1n) is 10.2. The van der Waals surface area contributed by atoms with E-state index in [-0.39, 0.29) is 10.6 Å². The summed E-state index contributed by atoms with van der Waals surface area (Å²) in [6.07, 6.45) is 0. The van der Waals surface area contributed by atoms with Gasteiger partial charge in [-0.2, -0.15) is 0 Å². The summed E-state index contributed by atoms with van der Waals surface area (Å²) in [4.78, 5) is 51.8. The number of primary amides is 1. The molecule has 5 amide bonds. The van der Waals surface area contributed by atoms with E-state index in [0.29, 0.717) is 11.1 Å². The van der Waals surface area contributed by atoms with Crippen LogP contribution in [0.5, 0.6) is 0 Å². The molecule has 168 valence electrons. The monoisotopic (exact) mass is 462 g/mol. The number of nitrogens with one attached hydrogen (secondary N) is 2. The molecule has 1 aliphatic rings. The van der Waals surface area contributed by atoms with Crippen LogP contribution in [-0.4, -0.2) is 35.2 Å². The van der Waals surface area contributed by atoms with Gasteiger partial charge in [0.25, 0.3) is 11.8 Å². The molecule has 0 radical (unpaired) electrons. The predicted molar refractivity (Wildman–Crippen MR) is 125 cm³/mol. The third-order valence-electron chi connectivity index (χ3n) is 5.74. The lowest BCUT2D eigenvalue weighted by atomic mass is 9.81. The fraction of sp³-hybridized carbons (Fsp3) is 0.167. The number of rotatable bonds is 6. The van der Waals surface area contributed by atoms with E-state index in [2.05, 4.69) is 10.6 Å². The highest BCUT2D eigenvalue weighted by molar-refractivity contribution is 7.14. The number of nitrogens with two attached hydrogens (primary N) is 1. The Labute approximate surface area is 194 Å². The standard InChI is InChI=1S/C24H22N4O4S/c1-14-8-9-17(12-15(14)2)24(16-6-4-3-5-7-16)22(31)28(23(32)27-24)13-19(29)26-21-18(20(25)30)10-11-33-21/h3-12H,13H2,1-2H3,(H2,25,30)(H,26,29)(H,27,32)/t24-/m0/s1. The van der Waals surface area contributed by atoms with Crippen molar-refractivity contribution in [2.75, 3.05) is 11.9 Å². The van der Waals surface area contributed by atoms with Gasteiger partial charge in [0.15, 0.2) is 5.54 Å². The number of imide groups is 1. The van der Waals surface area contributed by atoms with Gasteiger partial charge in [0, 0.05) is 0 Å². The quantitative estimate of drug-likeness (QED) is 0.488. The molecule has 33 heavy (non-hydrogen) atoms. The Kier molecular flexibility index (Phi) is 5.73. The molecular formula is C24H22N4O4S. The summed E-state index contributed by atoms with van der Waals surface area (Å²) >= 11 is 1.13. The lowest BCUT2D eigenvalue weighted by Crippen LogP contribution is -2.45. The van der Waals surface area contributed by atoms with Crippen LogP contribution in [-0.2, 0) is 15.1 Å². The molecule has 1 saturated heterocycles. The lowest BCUT2D eigenvalue weighted by Gasteiger charge is -2.28. The molecule has 3 aromatic rings. The SMILES string of the molecule is Cc1ccc([C@]2(c3ccccc3)NC(=O)N(CC(=O)Nc3sccc3C(N)=O)C2=O)cc1C. The van der Waals surface area contributed by atoms with Crippen molar-refractivity contribution in [1.29, 1.82) is 0 Å². The number of hydrogen-bond donors (Lipinski definition) is 3. The van der Waals surface area contributed by atoms with Crippen LogP contribution >= 0.6 is 11.3 Å². The molecule has 1 aromatic heterocycles. The summed E-state index contributed by atoms with van der Waals surface area (Å²) < 4.78 is 0. The Morgan fingerprint density at radius 1 is 1.03 bits per heavy atom. The number of carbonyl (C=O) groups is 4. The largest absolute Gasteiger partial charge is 0.366 e. The van der Waals surface area contributed by atoms with E-state index >= 15 is 0 Å². The Morgan fingerprint density at radius 2 is 1.76 bits per heavy atom. The minimum absolute atomic E-state index is 0.166. The summed E-state index contributed by atoms with van der Waals surface area (Å²) in [6, 6.07) is 15.3. The Balaban J connectivity index is 1.68. The molecule has 9 heteroatoms. The van der Waals surface area contributed by atoms with Gasteiger partial charge in [-0.15, -0.1) is 11.3 Å². The molecule has 1 fully saturated rings. The average molecular weight is 463 g/mol. The zero-order chi connectivity index (χ0) is 23.8. The number of nitrogens with zero attached hydrogens (tertiary/aromatic N) is 1. The molecule has 0 spiro atoms. The molecule has 1 aliphatic heterocycles. The van der Waals surface area contributed by atoms with Crippen molar-refractivity contribution in [2.45, 2.75) is 19.4 Å². The predicted octanol–water partition coefficient (Wildman–Crippen LogP) is 2.90. The topological polar surface area (TPSA) is 122 Å². The lowest BCUT2D eigenvalue weighted by molar-refractivity contribution is -0.133. The number of thiophene rings is 1. The number of anilines is 1. The number of carbonyl (C=O) groups excluding carboxylic acids is 4. The molecule has 0 aliphatic carbocycles. The Bertz CT molecular complexity index is 1270. The van der Waals surface area contributed by atoms with Gasteiger partial charge in [-0.3, -0.25) is 19.3 Å². The molecule has 4 rings (SSSR count). The van der Waals surface area contributed by atoms with Crippen molar-refractivity contribution < 1.29 is 19.2 Å². The first kappa shape index (κ1) is 22.2. The molecule has 1 atom stereocenters. The minimum Gasteiger partial charge on any atom is -0.366 e. The number of urea groups is 1. The number of hydrogen-bond acceptors (Lipinski definition) is 5. The van der Waals surface area contributed by atoms with Crippen LogP contribution in [0.3, 0.4) is 0 Å². The maximum absolute atomic E-state index is 13.7. The van der Waals surface area contributed by atoms with Crippen molar-refractivity contribution in [3.63, 3.8) is 0 Å². The second-order valence-corrected chi connectivity index (χ2v) is 8.73. The van der Waals surface area contributed by atoms with Crippen LogP contribution in [0, 0.1) is 13.8 Å². The third kappa shape index (κ3) is 3.87. The fourth-order valence-corrected chi connectivity index (χ4v) is 4.66. The maximum Gasteiger partial charge on any atom is 0.326 e. The van der Waals surface area contributed by atoms with E-state index in [9.17, 15) is 19.2 Å². The van der Waals surface area contributed by atoms with E-state index in [0.717, 1.165) is 27.4 Å². The van der Waals surface area contributed by atoms with E-state index in [1.54, 1.807) is 29.6 Å². The molecule has 0 unspecified atom stereocenters. The highest BCUT2D eigenvalue weighted by atomic mass is 32.1. The smallest absolute Gasteiger partial charge is 0.326 e. The molecule has 2 aromatic carbocycles. The number of amides is 5. The van der Waals surface area contributed by atoms with Gasteiger partial charge in [0.2, 0.25) is 5.91 Å². The van der Waals surface area contributed by atoms with E-state index in [1.807, 2.05) is 38.1 Å². The number of aryl methyl sites for hydroxylation is 2. The van der Waals surface area contributed by atoms with Crippen molar-refractivity contribution in [3.05, 3.63) is 87.8 Å². The summed E-state index contributed by atoms with van der Waals surface area (Å²) in [7, 11) is 0. The van der Waals surface area contributed by atoms with Gasteiger partial charge in [-0.25, -0.2) is 4.79 Å². The first-order chi connectivity index (χ1) is 15.7. The molecular weight excluding hydrogens is 440 g/mol. The van der Waals surface area contributed by atoms with Crippen LogP contribution in [0.4, 0.5) is 9.80 Å². The second-order valence-electron chi connectivity index (χ2n) is 7.81. The van der Waals surface area contributed by atoms with Crippen molar-refractivity contribution in [1.82, 2.24) is 10.2 Å². The van der Waals surface area contributed by atoms with Gasteiger partial charge in [-0.05, 0) is 47.5 Å². The van der Waals surface area contributed by atoms with Crippen molar-refractivity contribution in [2.24, 2.45) is 5.73 Å². The van der Waals surface area contributed by atoms with Gasteiger partial charge in [0.1, 0.15) is 11.5 Å². The molecule has 0 bridgehead atoms. The van der Waals surface area contributed by atoms with Gasteiger partial charge < -0.3 is 16.4 Å². The summed E-state index contributed by atoms with van der Waals surface area (Å²) in [5.74, 6) is -1.86. The van der Waals surface area contributed by atoms with E-state index < -0.39 is 35.8 Å². The summed E-state index contributed by atoms with van der Waals surface area (Å²) in [5.41, 5.74) is 7.24. The molecule has 8 nitrogen and oxygen atoms in total. The number of benzene rings is 2. The van der Waals surface area contributed by atoms with Crippen molar-refractivity contribution >= 4 is 40.1 Å². The minimum atomic E-state index is -1.46. The molecule has 2 heterocycles. The van der Waals surface area contributed by atoms with E-state index in [4.69, 9.17) is 5.73 Å². The van der Waals surface area contributed by atoms with Gasteiger partial charge in [0.05, 0.1) is 5.56 Å². The van der Waals surface area contributed by atoms with Crippen LogP contribution in [0.1, 0.15) is 32.6 Å². The van der Waals surface area contributed by atoms with Crippen molar-refractivity contribution in [3.8, 4) is 0 Å². The summed E-state index contributed by atoms with van der Waals surface area (Å²) in [6.45, 7) is 3.38. The first-order valence-corrected chi connectivity index (χ1v) is 11.1.